The first kappa shape index (κ1) is 12.4. The number of thioether (sulfide) groups is 1. The van der Waals surface area contributed by atoms with Crippen LogP contribution >= 0.6 is 11.8 Å². The zero-order valence-corrected chi connectivity index (χ0v) is 8.87. The van der Waals surface area contributed by atoms with Crippen molar-refractivity contribution in [2.24, 2.45) is 5.73 Å². The normalized spacial score (nSPS) is 11.7. The van der Waals surface area contributed by atoms with Gasteiger partial charge in [0.1, 0.15) is 0 Å². The first-order chi connectivity index (χ1) is 7.01. The maximum Gasteiger partial charge on any atom is 0.389 e. The minimum absolute atomic E-state index is 0.0610. The average Bonchev–Trinajstić information content (AvgIpc) is 2.17. The SMILES string of the molecule is NCc1ccc(SCCC(F)(F)F)cc1. The third kappa shape index (κ3) is 5.09. The van der Waals surface area contributed by atoms with Crippen molar-refractivity contribution in [2.75, 3.05) is 5.75 Å². The molecule has 0 heterocycles. The Bertz CT molecular complexity index is 295. The lowest BCUT2D eigenvalue weighted by atomic mass is 10.2. The number of hydrogen-bond donors (Lipinski definition) is 1. The molecule has 1 aromatic carbocycles. The van der Waals surface area contributed by atoms with Crippen LogP contribution in [0.25, 0.3) is 0 Å². The third-order valence-electron chi connectivity index (χ3n) is 1.81. The summed E-state index contributed by atoms with van der Waals surface area (Å²) in [7, 11) is 0. The van der Waals surface area contributed by atoms with Gasteiger partial charge in [0.2, 0.25) is 0 Å². The van der Waals surface area contributed by atoms with Crippen LogP contribution < -0.4 is 5.73 Å². The van der Waals surface area contributed by atoms with Crippen molar-refractivity contribution < 1.29 is 13.2 Å². The molecule has 5 heteroatoms. The summed E-state index contributed by atoms with van der Waals surface area (Å²) >= 11 is 1.21. The van der Waals surface area contributed by atoms with E-state index in [1.54, 1.807) is 12.1 Å². The molecule has 2 N–H and O–H groups in total. The molecule has 84 valence electrons. The van der Waals surface area contributed by atoms with Gasteiger partial charge in [-0.25, -0.2) is 0 Å². The summed E-state index contributed by atoms with van der Waals surface area (Å²) in [5.41, 5.74) is 6.38. The molecule has 0 fully saturated rings. The van der Waals surface area contributed by atoms with E-state index in [1.165, 1.54) is 11.8 Å². The monoisotopic (exact) mass is 235 g/mol. The summed E-state index contributed by atoms with van der Waals surface area (Å²) in [5, 5.41) is 0. The quantitative estimate of drug-likeness (QED) is 0.811. The second-order valence-corrected chi connectivity index (χ2v) is 4.23. The van der Waals surface area contributed by atoms with Gasteiger partial charge < -0.3 is 5.73 Å². The van der Waals surface area contributed by atoms with Crippen LogP contribution in [-0.2, 0) is 6.54 Å². The maximum absolute atomic E-state index is 11.8. The van der Waals surface area contributed by atoms with Crippen molar-refractivity contribution in [3.63, 3.8) is 0 Å². The molecule has 0 radical (unpaired) electrons. The number of nitrogens with two attached hydrogens (primary N) is 1. The minimum atomic E-state index is -4.07. The van der Waals surface area contributed by atoms with E-state index in [4.69, 9.17) is 5.73 Å². The van der Waals surface area contributed by atoms with Crippen molar-refractivity contribution in [1.29, 1.82) is 0 Å². The van der Waals surface area contributed by atoms with E-state index in [2.05, 4.69) is 0 Å². The molecule has 1 aromatic rings. The molecule has 0 aliphatic rings. The molecule has 0 saturated carbocycles. The zero-order valence-electron chi connectivity index (χ0n) is 8.05. The van der Waals surface area contributed by atoms with Gasteiger partial charge in [-0.05, 0) is 17.7 Å². The Hall–Kier alpha value is -0.680. The van der Waals surface area contributed by atoms with Crippen molar-refractivity contribution in [3.8, 4) is 0 Å². The summed E-state index contributed by atoms with van der Waals surface area (Å²) in [4.78, 5) is 0.844. The second kappa shape index (κ2) is 5.42. The van der Waals surface area contributed by atoms with E-state index >= 15 is 0 Å². The van der Waals surface area contributed by atoms with Gasteiger partial charge in [-0.3, -0.25) is 0 Å². The molecular formula is C10H12F3NS. The molecule has 0 aliphatic heterocycles. The van der Waals surface area contributed by atoms with Gasteiger partial charge >= 0.3 is 6.18 Å². The molecule has 0 aliphatic carbocycles. The van der Waals surface area contributed by atoms with Crippen LogP contribution in [0.5, 0.6) is 0 Å². The Morgan fingerprint density at radius 2 is 1.73 bits per heavy atom. The van der Waals surface area contributed by atoms with Gasteiger partial charge in [-0.1, -0.05) is 12.1 Å². The number of alkyl halides is 3. The molecule has 1 nitrogen and oxygen atoms in total. The molecule has 0 aromatic heterocycles. The van der Waals surface area contributed by atoms with Crippen LogP contribution in [0.15, 0.2) is 29.2 Å². The lowest BCUT2D eigenvalue weighted by molar-refractivity contribution is -0.129. The number of hydrogen-bond acceptors (Lipinski definition) is 2. The molecular weight excluding hydrogens is 223 g/mol. The van der Waals surface area contributed by atoms with Gasteiger partial charge in [0.15, 0.2) is 0 Å². The maximum atomic E-state index is 11.8. The fourth-order valence-electron chi connectivity index (χ4n) is 1.01. The molecule has 0 spiro atoms. The predicted molar refractivity (Wildman–Crippen MR) is 55.7 cm³/mol. The van der Waals surface area contributed by atoms with E-state index in [9.17, 15) is 13.2 Å². The molecule has 0 bridgehead atoms. The molecule has 1 rings (SSSR count). The highest BCUT2D eigenvalue weighted by molar-refractivity contribution is 7.99. The Balaban J connectivity index is 2.38. The van der Waals surface area contributed by atoms with E-state index in [-0.39, 0.29) is 5.75 Å². The highest BCUT2D eigenvalue weighted by Gasteiger charge is 2.26. The number of halogens is 3. The standard InChI is InChI=1S/C10H12F3NS/c11-10(12,13)5-6-15-9-3-1-8(7-14)2-4-9/h1-4H,5-7,14H2. The highest BCUT2D eigenvalue weighted by atomic mass is 32.2. The second-order valence-electron chi connectivity index (χ2n) is 3.06. The largest absolute Gasteiger partial charge is 0.389 e. The highest BCUT2D eigenvalue weighted by Crippen LogP contribution is 2.26. The van der Waals surface area contributed by atoms with Crippen molar-refractivity contribution in [2.45, 2.75) is 24.0 Å². The van der Waals surface area contributed by atoms with Crippen molar-refractivity contribution >= 4 is 11.8 Å². The summed E-state index contributed by atoms with van der Waals surface area (Å²) in [6.07, 6.45) is -4.82. The van der Waals surface area contributed by atoms with Crippen LogP contribution in [0.3, 0.4) is 0 Å². The lowest BCUT2D eigenvalue weighted by Crippen LogP contribution is -2.07. The first-order valence-electron chi connectivity index (χ1n) is 4.50. The Morgan fingerprint density at radius 3 is 2.20 bits per heavy atom. The van der Waals surface area contributed by atoms with Crippen LogP contribution in [0.4, 0.5) is 13.2 Å². The topological polar surface area (TPSA) is 26.0 Å². The van der Waals surface area contributed by atoms with E-state index in [0.717, 1.165) is 10.5 Å². The molecule has 15 heavy (non-hydrogen) atoms. The predicted octanol–water partition coefficient (Wildman–Crippen LogP) is 3.19. The third-order valence-corrected chi connectivity index (χ3v) is 2.83. The summed E-state index contributed by atoms with van der Waals surface area (Å²) in [6.45, 7) is 0.452. The van der Waals surface area contributed by atoms with E-state index < -0.39 is 12.6 Å². The zero-order chi connectivity index (χ0) is 11.3. The fourth-order valence-corrected chi connectivity index (χ4v) is 1.90. The number of rotatable bonds is 4. The summed E-state index contributed by atoms with van der Waals surface area (Å²) in [6, 6.07) is 7.25. The summed E-state index contributed by atoms with van der Waals surface area (Å²) < 4.78 is 35.5. The Labute approximate surface area is 90.9 Å². The van der Waals surface area contributed by atoms with Gasteiger partial charge in [-0.15, -0.1) is 11.8 Å². The van der Waals surface area contributed by atoms with E-state index in [0.29, 0.717) is 6.54 Å². The first-order valence-corrected chi connectivity index (χ1v) is 5.48. The van der Waals surface area contributed by atoms with Crippen molar-refractivity contribution in [1.82, 2.24) is 0 Å². The van der Waals surface area contributed by atoms with E-state index in [1.807, 2.05) is 12.1 Å². The van der Waals surface area contributed by atoms with Crippen LogP contribution in [0.1, 0.15) is 12.0 Å². The molecule has 0 unspecified atom stereocenters. The average molecular weight is 235 g/mol. The van der Waals surface area contributed by atoms with Crippen molar-refractivity contribution in [3.05, 3.63) is 29.8 Å². The molecule has 0 atom stereocenters. The molecule has 0 saturated heterocycles. The lowest BCUT2D eigenvalue weighted by Gasteiger charge is -2.05. The van der Waals surface area contributed by atoms with Crippen LogP contribution in [0, 0.1) is 0 Å². The van der Waals surface area contributed by atoms with Gasteiger partial charge in [0.25, 0.3) is 0 Å². The number of benzene rings is 1. The smallest absolute Gasteiger partial charge is 0.326 e. The van der Waals surface area contributed by atoms with Gasteiger partial charge in [-0.2, -0.15) is 13.2 Å². The Morgan fingerprint density at radius 1 is 1.13 bits per heavy atom. The summed E-state index contributed by atoms with van der Waals surface area (Å²) in [5.74, 6) is 0.0610. The van der Waals surface area contributed by atoms with Crippen LogP contribution in [0.2, 0.25) is 0 Å². The molecule has 0 amide bonds. The van der Waals surface area contributed by atoms with Gasteiger partial charge in [0.05, 0.1) is 6.42 Å². The Kier molecular flexibility index (Phi) is 4.47. The minimum Gasteiger partial charge on any atom is -0.326 e. The van der Waals surface area contributed by atoms with Crippen LogP contribution in [-0.4, -0.2) is 11.9 Å². The fraction of sp³-hybridized carbons (Fsp3) is 0.400. The van der Waals surface area contributed by atoms with Gasteiger partial charge in [0, 0.05) is 17.2 Å².